The Bertz CT molecular complexity index is 800. The molecule has 0 aromatic heterocycles. The van der Waals surface area contributed by atoms with Crippen LogP contribution < -0.4 is 4.48 Å². The van der Waals surface area contributed by atoms with Gasteiger partial charge in [0, 0.05) is 22.6 Å². The van der Waals surface area contributed by atoms with Gasteiger partial charge in [0.05, 0.1) is 14.1 Å². The first-order valence-corrected chi connectivity index (χ1v) is 6.66. The second-order valence-electron chi connectivity index (χ2n) is 5.65. The molecular weight excluding hydrogens is 230 g/mol. The van der Waals surface area contributed by atoms with Crippen LogP contribution in [-0.4, -0.2) is 14.1 Å². The smallest absolute Gasteiger partial charge is 0.153 e. The van der Waals surface area contributed by atoms with Crippen molar-refractivity contribution in [3.05, 3.63) is 60.7 Å². The zero-order chi connectivity index (χ0) is 13.0. The second-order valence-corrected chi connectivity index (χ2v) is 5.65. The van der Waals surface area contributed by atoms with Crippen molar-refractivity contribution in [1.82, 2.24) is 4.48 Å². The molecule has 0 saturated heterocycles. The highest BCUT2D eigenvalue weighted by Gasteiger charge is 2.37. The Morgan fingerprint density at radius 1 is 0.684 bits per heavy atom. The summed E-state index contributed by atoms with van der Waals surface area (Å²) >= 11 is 0. The summed E-state index contributed by atoms with van der Waals surface area (Å²) in [5.74, 6) is 0. The van der Waals surface area contributed by atoms with Crippen molar-refractivity contribution in [2.24, 2.45) is 0 Å². The summed E-state index contributed by atoms with van der Waals surface area (Å²) in [4.78, 5) is 0. The highest BCUT2D eigenvalue weighted by molar-refractivity contribution is 6.07. The van der Waals surface area contributed by atoms with Gasteiger partial charge in [0.25, 0.3) is 0 Å². The minimum atomic E-state index is 0.826. The van der Waals surface area contributed by atoms with Crippen molar-refractivity contribution >= 4 is 22.1 Å². The van der Waals surface area contributed by atoms with E-state index in [4.69, 9.17) is 0 Å². The first-order chi connectivity index (χ1) is 9.19. The van der Waals surface area contributed by atoms with Crippen molar-refractivity contribution in [2.75, 3.05) is 14.1 Å². The van der Waals surface area contributed by atoms with Crippen LogP contribution in [0.15, 0.2) is 60.7 Å². The highest BCUT2D eigenvalue weighted by Crippen LogP contribution is 2.53. The third-order valence-corrected chi connectivity index (χ3v) is 4.26. The lowest BCUT2D eigenvalue weighted by Gasteiger charge is -2.26. The van der Waals surface area contributed by atoms with Crippen LogP contribution in [-0.2, 0) is 0 Å². The van der Waals surface area contributed by atoms with E-state index in [0.29, 0.717) is 0 Å². The number of hydrogen-bond donors (Lipinski definition) is 0. The molecule has 0 spiro atoms. The summed E-state index contributed by atoms with van der Waals surface area (Å²) in [6.45, 7) is 0. The molecule has 0 fully saturated rings. The minimum absolute atomic E-state index is 0.826. The van der Waals surface area contributed by atoms with Gasteiger partial charge in [-0.15, -0.1) is 0 Å². The molecule has 1 aliphatic rings. The lowest BCUT2D eigenvalue weighted by Crippen LogP contribution is -2.32. The number of fused-ring (bicyclic) bond motifs is 5. The largest absolute Gasteiger partial charge is 0.262 e. The molecule has 1 heterocycles. The van der Waals surface area contributed by atoms with Gasteiger partial charge in [0.2, 0.25) is 0 Å². The molecule has 0 unspecified atom stereocenters. The lowest BCUT2D eigenvalue weighted by molar-refractivity contribution is 0.572. The zero-order valence-corrected chi connectivity index (χ0v) is 11.2. The molecule has 19 heavy (non-hydrogen) atoms. The van der Waals surface area contributed by atoms with Crippen LogP contribution in [0.1, 0.15) is 0 Å². The molecule has 0 radical (unpaired) electrons. The Labute approximate surface area is 113 Å². The van der Waals surface area contributed by atoms with Crippen LogP contribution in [0.25, 0.3) is 21.9 Å². The van der Waals surface area contributed by atoms with Gasteiger partial charge < -0.3 is 0 Å². The monoisotopic (exact) mass is 246 g/mol. The molecule has 0 N–H and O–H groups in total. The van der Waals surface area contributed by atoms with Crippen LogP contribution in [0, 0.1) is 0 Å². The van der Waals surface area contributed by atoms with E-state index in [1.165, 1.54) is 33.3 Å². The maximum atomic E-state index is 2.27. The Morgan fingerprint density at radius 3 is 2.32 bits per heavy atom. The summed E-state index contributed by atoms with van der Waals surface area (Å²) in [5, 5.41) is 2.68. The SMILES string of the molecule is C[N+]1(C)c2ccccc2-c2ccc3ccccc3c21. The molecule has 3 aromatic carbocycles. The van der Waals surface area contributed by atoms with E-state index in [0.717, 1.165) is 4.48 Å². The van der Waals surface area contributed by atoms with E-state index < -0.39 is 0 Å². The summed E-state index contributed by atoms with van der Waals surface area (Å²) in [6, 6.07) is 21.9. The molecule has 1 heteroatoms. The van der Waals surface area contributed by atoms with E-state index in [1.54, 1.807) is 0 Å². The first-order valence-electron chi connectivity index (χ1n) is 6.66. The van der Waals surface area contributed by atoms with Crippen LogP contribution in [0.3, 0.4) is 0 Å². The van der Waals surface area contributed by atoms with Crippen LogP contribution in [0.4, 0.5) is 11.4 Å². The van der Waals surface area contributed by atoms with E-state index in [9.17, 15) is 0 Å². The van der Waals surface area contributed by atoms with Gasteiger partial charge in [0.1, 0.15) is 5.69 Å². The lowest BCUT2D eigenvalue weighted by atomic mass is 10.0. The molecule has 3 aromatic rings. The fourth-order valence-electron chi connectivity index (χ4n) is 3.38. The Morgan fingerprint density at radius 2 is 1.42 bits per heavy atom. The molecule has 0 bridgehead atoms. The molecule has 1 nitrogen and oxygen atoms in total. The van der Waals surface area contributed by atoms with Gasteiger partial charge in [-0.3, -0.25) is 4.48 Å². The van der Waals surface area contributed by atoms with Crippen molar-refractivity contribution in [2.45, 2.75) is 0 Å². The summed E-state index contributed by atoms with van der Waals surface area (Å²) in [6.07, 6.45) is 0. The third-order valence-electron chi connectivity index (χ3n) is 4.26. The summed E-state index contributed by atoms with van der Waals surface area (Å²) < 4.78 is 0.826. The van der Waals surface area contributed by atoms with Gasteiger partial charge in [0.15, 0.2) is 5.69 Å². The molecule has 1 aliphatic heterocycles. The van der Waals surface area contributed by atoms with Gasteiger partial charge in [-0.25, -0.2) is 0 Å². The third kappa shape index (κ3) is 1.28. The fraction of sp³-hybridized carbons (Fsp3) is 0.111. The standard InChI is InChI=1S/C18H16N/c1-19(2)17-10-6-5-9-15(17)16-12-11-13-7-3-4-8-14(13)18(16)19/h3-12H,1-2H3/q+1. The van der Waals surface area contributed by atoms with Crippen molar-refractivity contribution in [3.8, 4) is 11.1 Å². The van der Waals surface area contributed by atoms with E-state index in [-0.39, 0.29) is 0 Å². The van der Waals surface area contributed by atoms with Crippen LogP contribution in [0.5, 0.6) is 0 Å². The summed E-state index contributed by atoms with van der Waals surface area (Å²) in [7, 11) is 4.55. The van der Waals surface area contributed by atoms with Gasteiger partial charge in [-0.2, -0.15) is 0 Å². The Hall–Kier alpha value is -2.12. The van der Waals surface area contributed by atoms with Gasteiger partial charge >= 0.3 is 0 Å². The average Bonchev–Trinajstić information content (AvgIpc) is 2.68. The predicted octanol–water partition coefficient (Wildman–Crippen LogP) is 4.72. The fourth-order valence-corrected chi connectivity index (χ4v) is 3.38. The quantitative estimate of drug-likeness (QED) is 0.503. The maximum Gasteiger partial charge on any atom is 0.153 e. The molecular formula is C18H16N+. The van der Waals surface area contributed by atoms with Crippen molar-refractivity contribution in [3.63, 3.8) is 0 Å². The molecule has 0 atom stereocenters. The van der Waals surface area contributed by atoms with Crippen LogP contribution in [0.2, 0.25) is 0 Å². The van der Waals surface area contributed by atoms with E-state index in [1.807, 2.05) is 0 Å². The Kier molecular flexibility index (Phi) is 1.96. The summed E-state index contributed by atoms with van der Waals surface area (Å²) in [5.41, 5.74) is 5.54. The van der Waals surface area contributed by atoms with E-state index in [2.05, 4.69) is 74.8 Å². The normalized spacial score (nSPS) is 15.3. The number of para-hydroxylation sites is 1. The maximum absolute atomic E-state index is 2.27. The topological polar surface area (TPSA) is 0 Å². The molecule has 92 valence electrons. The first kappa shape index (κ1) is 10.8. The predicted molar refractivity (Wildman–Crippen MR) is 82.7 cm³/mol. The van der Waals surface area contributed by atoms with Gasteiger partial charge in [-0.1, -0.05) is 36.4 Å². The number of hydrogen-bond acceptors (Lipinski definition) is 0. The highest BCUT2D eigenvalue weighted by atomic mass is 15.3. The average molecular weight is 246 g/mol. The number of rotatable bonds is 0. The zero-order valence-electron chi connectivity index (χ0n) is 11.2. The molecule has 0 saturated carbocycles. The Balaban J connectivity index is 2.20. The molecule has 4 rings (SSSR count). The van der Waals surface area contributed by atoms with Gasteiger partial charge in [-0.05, 0) is 23.6 Å². The number of benzene rings is 3. The molecule has 0 amide bonds. The number of quaternary nitrogens is 1. The molecule has 0 aliphatic carbocycles. The van der Waals surface area contributed by atoms with Crippen LogP contribution >= 0.6 is 0 Å². The minimum Gasteiger partial charge on any atom is -0.262 e. The van der Waals surface area contributed by atoms with Crippen molar-refractivity contribution < 1.29 is 0 Å². The van der Waals surface area contributed by atoms with E-state index >= 15 is 0 Å². The number of nitrogens with zero attached hydrogens (tertiary/aromatic N) is 1. The second kappa shape index (κ2) is 3.46. The van der Waals surface area contributed by atoms with Crippen molar-refractivity contribution in [1.29, 1.82) is 0 Å².